The number of nitrogens with zero attached hydrogens (tertiary/aromatic N) is 4. The van der Waals surface area contributed by atoms with Gasteiger partial charge < -0.3 is 9.42 Å². The Morgan fingerprint density at radius 1 is 1.13 bits per heavy atom. The number of rotatable bonds is 4. The van der Waals surface area contributed by atoms with Gasteiger partial charge in [-0.25, -0.2) is 0 Å². The van der Waals surface area contributed by atoms with E-state index in [0.29, 0.717) is 11.7 Å². The first-order chi connectivity index (χ1) is 14.6. The smallest absolute Gasteiger partial charge is 0.264 e. The summed E-state index contributed by atoms with van der Waals surface area (Å²) < 4.78 is 5.56. The van der Waals surface area contributed by atoms with Crippen molar-refractivity contribution in [2.45, 2.75) is 39.2 Å². The molecule has 156 valence electrons. The van der Waals surface area contributed by atoms with Gasteiger partial charge in [0.05, 0.1) is 10.9 Å². The second-order valence-corrected chi connectivity index (χ2v) is 9.38. The average molecular weight is 423 g/mol. The highest BCUT2D eigenvalue weighted by Gasteiger charge is 2.29. The maximum Gasteiger partial charge on any atom is 0.264 e. The van der Waals surface area contributed by atoms with Crippen LogP contribution in [0.2, 0.25) is 0 Å². The lowest BCUT2D eigenvalue weighted by Crippen LogP contribution is -2.49. The van der Waals surface area contributed by atoms with E-state index in [4.69, 9.17) is 4.52 Å². The molecule has 1 aliphatic heterocycles. The molecule has 0 N–H and O–H groups in total. The van der Waals surface area contributed by atoms with Gasteiger partial charge in [0.2, 0.25) is 11.7 Å². The summed E-state index contributed by atoms with van der Waals surface area (Å²) in [5.74, 6) is 1.43. The van der Waals surface area contributed by atoms with E-state index in [1.165, 1.54) is 22.4 Å². The molecular formula is C23H26N4O2S. The van der Waals surface area contributed by atoms with Crippen LogP contribution in [-0.4, -0.2) is 52.0 Å². The largest absolute Gasteiger partial charge is 0.337 e. The van der Waals surface area contributed by atoms with Crippen LogP contribution < -0.4 is 0 Å². The summed E-state index contributed by atoms with van der Waals surface area (Å²) in [6, 6.07) is 10.3. The van der Waals surface area contributed by atoms with Gasteiger partial charge in [-0.05, 0) is 44.7 Å². The average Bonchev–Trinajstić information content (AvgIpc) is 3.50. The zero-order valence-corrected chi connectivity index (χ0v) is 18.2. The van der Waals surface area contributed by atoms with Crippen molar-refractivity contribution in [2.75, 3.05) is 26.2 Å². The van der Waals surface area contributed by atoms with Gasteiger partial charge in [-0.15, -0.1) is 11.3 Å². The molecule has 0 saturated carbocycles. The van der Waals surface area contributed by atoms with Crippen LogP contribution in [0.15, 0.2) is 34.9 Å². The van der Waals surface area contributed by atoms with Crippen molar-refractivity contribution in [1.29, 1.82) is 0 Å². The van der Waals surface area contributed by atoms with Crippen molar-refractivity contribution in [1.82, 2.24) is 19.9 Å². The topological polar surface area (TPSA) is 62.5 Å². The molecule has 6 nitrogen and oxygen atoms in total. The molecule has 1 fully saturated rings. The van der Waals surface area contributed by atoms with Crippen molar-refractivity contribution in [3.8, 4) is 11.4 Å². The Labute approximate surface area is 180 Å². The molecule has 3 heterocycles. The van der Waals surface area contributed by atoms with Gasteiger partial charge in [-0.2, -0.15) is 4.98 Å². The lowest BCUT2D eigenvalue weighted by atomic mass is 10.1. The number of aryl methyl sites for hydroxylation is 3. The Bertz CT molecular complexity index is 1030. The first-order valence-electron chi connectivity index (χ1n) is 10.6. The molecule has 30 heavy (non-hydrogen) atoms. The van der Waals surface area contributed by atoms with E-state index in [9.17, 15) is 4.79 Å². The van der Waals surface area contributed by atoms with Crippen LogP contribution in [0.1, 0.15) is 51.0 Å². The van der Waals surface area contributed by atoms with Crippen LogP contribution in [-0.2, 0) is 12.8 Å². The number of carbonyl (C=O) groups is 1. The van der Waals surface area contributed by atoms with Crippen molar-refractivity contribution < 1.29 is 9.32 Å². The predicted molar refractivity (Wildman–Crippen MR) is 117 cm³/mol. The van der Waals surface area contributed by atoms with Gasteiger partial charge in [0.15, 0.2) is 0 Å². The Morgan fingerprint density at radius 2 is 1.90 bits per heavy atom. The normalized spacial score (nSPS) is 17.9. The summed E-state index contributed by atoms with van der Waals surface area (Å²) in [5, 5.41) is 4.16. The summed E-state index contributed by atoms with van der Waals surface area (Å²) in [7, 11) is 0. The quantitative estimate of drug-likeness (QED) is 0.633. The number of benzene rings is 1. The van der Waals surface area contributed by atoms with Gasteiger partial charge in [-0.3, -0.25) is 9.69 Å². The number of amides is 1. The third-order valence-corrected chi connectivity index (χ3v) is 7.44. The highest BCUT2D eigenvalue weighted by Crippen LogP contribution is 2.32. The van der Waals surface area contributed by atoms with Gasteiger partial charge in [-0.1, -0.05) is 35.0 Å². The Kier molecular flexibility index (Phi) is 5.16. The molecule has 1 aromatic carbocycles. The summed E-state index contributed by atoms with van der Waals surface area (Å²) in [6.45, 7) is 7.22. The molecule has 0 unspecified atom stereocenters. The highest BCUT2D eigenvalue weighted by molar-refractivity contribution is 7.14. The number of piperazine rings is 1. The van der Waals surface area contributed by atoms with Gasteiger partial charge in [0.25, 0.3) is 5.91 Å². The van der Waals surface area contributed by atoms with Crippen LogP contribution in [0.3, 0.4) is 0 Å². The standard InChI is InChI=1S/C23H26N4O2S/c1-15-6-8-17(9-7-15)21-24-22(29-25-21)16(2)26-10-12-27(13-11-26)23(28)20-14-18-4-3-5-19(18)30-20/h6-9,14,16H,3-5,10-13H2,1-2H3/t16-/m1/s1. The summed E-state index contributed by atoms with van der Waals surface area (Å²) in [4.78, 5) is 24.1. The second kappa shape index (κ2) is 7.96. The van der Waals surface area contributed by atoms with Crippen molar-refractivity contribution in [3.05, 3.63) is 57.1 Å². The molecule has 1 atom stereocenters. The lowest BCUT2D eigenvalue weighted by Gasteiger charge is -2.36. The fourth-order valence-electron chi connectivity index (χ4n) is 4.28. The van der Waals surface area contributed by atoms with Gasteiger partial charge in [0.1, 0.15) is 0 Å². The van der Waals surface area contributed by atoms with E-state index in [2.05, 4.69) is 35.0 Å². The summed E-state index contributed by atoms with van der Waals surface area (Å²) >= 11 is 1.69. The number of hydrogen-bond donors (Lipinski definition) is 0. The molecule has 0 bridgehead atoms. The minimum atomic E-state index is 0.0273. The van der Waals surface area contributed by atoms with Crippen molar-refractivity contribution in [3.63, 3.8) is 0 Å². The van der Waals surface area contributed by atoms with Crippen LogP contribution in [0.4, 0.5) is 0 Å². The molecule has 2 aliphatic rings. The Hall–Kier alpha value is -2.51. The maximum absolute atomic E-state index is 12.9. The minimum Gasteiger partial charge on any atom is -0.337 e. The molecule has 0 spiro atoms. The minimum absolute atomic E-state index is 0.0273. The van der Waals surface area contributed by atoms with Gasteiger partial charge >= 0.3 is 0 Å². The monoisotopic (exact) mass is 422 g/mol. The number of thiophene rings is 1. The van der Waals surface area contributed by atoms with E-state index >= 15 is 0 Å². The van der Waals surface area contributed by atoms with E-state index in [-0.39, 0.29) is 11.9 Å². The van der Waals surface area contributed by atoms with Crippen LogP contribution in [0, 0.1) is 6.92 Å². The zero-order valence-electron chi connectivity index (χ0n) is 17.4. The Morgan fingerprint density at radius 3 is 2.63 bits per heavy atom. The van der Waals surface area contributed by atoms with Crippen LogP contribution in [0.25, 0.3) is 11.4 Å². The van der Waals surface area contributed by atoms with E-state index in [1.54, 1.807) is 11.3 Å². The number of hydrogen-bond acceptors (Lipinski definition) is 6. The molecule has 1 saturated heterocycles. The first kappa shape index (κ1) is 19.5. The molecule has 0 radical (unpaired) electrons. The molecular weight excluding hydrogens is 396 g/mol. The fourth-order valence-corrected chi connectivity index (χ4v) is 5.51. The maximum atomic E-state index is 12.9. The molecule has 2 aromatic heterocycles. The van der Waals surface area contributed by atoms with Crippen molar-refractivity contribution in [2.24, 2.45) is 0 Å². The Balaban J connectivity index is 1.21. The number of aromatic nitrogens is 2. The predicted octanol–water partition coefficient (Wildman–Crippen LogP) is 4.11. The molecule has 1 amide bonds. The van der Waals surface area contributed by atoms with Gasteiger partial charge in [0, 0.05) is 36.6 Å². The SMILES string of the molecule is Cc1ccc(-c2noc([C@@H](C)N3CCN(C(=O)c4cc5c(s4)CCC5)CC3)n2)cc1. The summed E-state index contributed by atoms with van der Waals surface area (Å²) in [5.41, 5.74) is 3.55. The first-order valence-corrected chi connectivity index (χ1v) is 11.5. The summed E-state index contributed by atoms with van der Waals surface area (Å²) in [6.07, 6.45) is 3.49. The third-order valence-electron chi connectivity index (χ3n) is 6.22. The van der Waals surface area contributed by atoms with E-state index in [0.717, 1.165) is 49.5 Å². The fraction of sp³-hybridized carbons (Fsp3) is 0.435. The molecule has 5 rings (SSSR count). The zero-order chi connectivity index (χ0) is 20.7. The highest BCUT2D eigenvalue weighted by atomic mass is 32.1. The number of fused-ring (bicyclic) bond motifs is 1. The van der Waals surface area contributed by atoms with Crippen molar-refractivity contribution >= 4 is 17.2 Å². The second-order valence-electron chi connectivity index (χ2n) is 8.24. The van der Waals surface area contributed by atoms with E-state index in [1.807, 2.05) is 29.2 Å². The molecule has 3 aromatic rings. The molecule has 7 heteroatoms. The van der Waals surface area contributed by atoms with Crippen LogP contribution >= 0.6 is 11.3 Å². The van der Waals surface area contributed by atoms with E-state index < -0.39 is 0 Å². The lowest BCUT2D eigenvalue weighted by molar-refractivity contribution is 0.0556. The number of carbonyl (C=O) groups excluding carboxylic acids is 1. The third kappa shape index (κ3) is 3.68. The van der Waals surface area contributed by atoms with Crippen LogP contribution in [0.5, 0.6) is 0 Å². The molecule has 1 aliphatic carbocycles.